The van der Waals surface area contributed by atoms with Gasteiger partial charge in [-0.05, 0) is 25.9 Å². The fourth-order valence-electron chi connectivity index (χ4n) is 2.69. The first kappa shape index (κ1) is 19.0. The van der Waals surface area contributed by atoms with E-state index in [0.717, 1.165) is 5.92 Å². The molecule has 0 aliphatic carbocycles. The molecule has 0 spiro atoms. The molecule has 0 radical (unpaired) electrons. The molecule has 0 saturated heterocycles. The van der Waals surface area contributed by atoms with Crippen LogP contribution in [-0.2, 0) is 0 Å². The SMILES string of the molecule is CCCCCCCCCCCCCC(C)CCNC. The Balaban J connectivity index is 3.02. The molecule has 0 heterocycles. The van der Waals surface area contributed by atoms with Gasteiger partial charge in [0.25, 0.3) is 0 Å². The summed E-state index contributed by atoms with van der Waals surface area (Å²) in [6, 6.07) is 0. The summed E-state index contributed by atoms with van der Waals surface area (Å²) in [6.45, 7) is 5.87. The standard InChI is InChI=1S/C18H39N/c1-4-5-6-7-8-9-10-11-12-13-14-15-18(2)16-17-19-3/h18-19H,4-17H2,1-3H3. The Morgan fingerprint density at radius 3 is 1.63 bits per heavy atom. The molecule has 116 valence electrons. The molecule has 1 atom stereocenters. The largest absolute Gasteiger partial charge is 0.320 e. The number of nitrogens with one attached hydrogen (secondary N) is 1. The average molecular weight is 270 g/mol. The second kappa shape index (κ2) is 16.0. The summed E-state index contributed by atoms with van der Waals surface area (Å²) in [5.41, 5.74) is 0. The maximum absolute atomic E-state index is 3.24. The van der Waals surface area contributed by atoms with Gasteiger partial charge < -0.3 is 5.32 Å². The van der Waals surface area contributed by atoms with E-state index in [-0.39, 0.29) is 0 Å². The number of hydrogen-bond acceptors (Lipinski definition) is 1. The second-order valence-electron chi connectivity index (χ2n) is 6.32. The van der Waals surface area contributed by atoms with E-state index >= 15 is 0 Å². The summed E-state index contributed by atoms with van der Waals surface area (Å²) in [4.78, 5) is 0. The van der Waals surface area contributed by atoms with Crippen LogP contribution in [0.25, 0.3) is 0 Å². The minimum atomic E-state index is 0.908. The smallest absolute Gasteiger partial charge is 0.00494 e. The van der Waals surface area contributed by atoms with Gasteiger partial charge in [0.15, 0.2) is 0 Å². The Morgan fingerprint density at radius 2 is 1.16 bits per heavy atom. The van der Waals surface area contributed by atoms with Crippen LogP contribution < -0.4 is 5.32 Å². The number of unbranched alkanes of at least 4 members (excludes halogenated alkanes) is 10. The van der Waals surface area contributed by atoms with Crippen LogP contribution in [0, 0.1) is 5.92 Å². The van der Waals surface area contributed by atoms with E-state index in [1.54, 1.807) is 0 Å². The van der Waals surface area contributed by atoms with Crippen molar-refractivity contribution < 1.29 is 0 Å². The van der Waals surface area contributed by atoms with Crippen LogP contribution in [0.15, 0.2) is 0 Å². The molecular weight excluding hydrogens is 230 g/mol. The van der Waals surface area contributed by atoms with Gasteiger partial charge in [-0.25, -0.2) is 0 Å². The molecule has 0 aliphatic heterocycles. The summed E-state index contributed by atoms with van der Waals surface area (Å²) in [7, 11) is 2.05. The highest BCUT2D eigenvalue weighted by Gasteiger charge is 2.00. The molecule has 19 heavy (non-hydrogen) atoms. The van der Waals surface area contributed by atoms with Crippen molar-refractivity contribution in [2.24, 2.45) is 5.92 Å². The maximum Gasteiger partial charge on any atom is -0.00494 e. The average Bonchev–Trinajstić information content (AvgIpc) is 2.42. The van der Waals surface area contributed by atoms with Crippen molar-refractivity contribution in [3.05, 3.63) is 0 Å². The lowest BCUT2D eigenvalue weighted by molar-refractivity contribution is 0.448. The van der Waals surface area contributed by atoms with Gasteiger partial charge in [0.05, 0.1) is 0 Å². The molecule has 0 rings (SSSR count). The third-order valence-corrected chi connectivity index (χ3v) is 4.19. The monoisotopic (exact) mass is 269 g/mol. The first-order valence-corrected chi connectivity index (χ1v) is 8.95. The predicted octanol–water partition coefficient (Wildman–Crippen LogP) is 5.93. The number of hydrogen-bond donors (Lipinski definition) is 1. The molecule has 1 unspecified atom stereocenters. The summed E-state index contributed by atoms with van der Waals surface area (Å²) in [6.07, 6.45) is 18.8. The minimum Gasteiger partial charge on any atom is -0.320 e. The van der Waals surface area contributed by atoms with E-state index < -0.39 is 0 Å². The van der Waals surface area contributed by atoms with Crippen molar-refractivity contribution in [1.29, 1.82) is 0 Å². The lowest BCUT2D eigenvalue weighted by Gasteiger charge is -2.10. The normalized spacial score (nSPS) is 12.8. The maximum atomic E-state index is 3.24. The molecule has 1 nitrogen and oxygen atoms in total. The minimum absolute atomic E-state index is 0.908. The summed E-state index contributed by atoms with van der Waals surface area (Å²) in [5, 5.41) is 3.24. The van der Waals surface area contributed by atoms with Crippen molar-refractivity contribution in [2.75, 3.05) is 13.6 Å². The van der Waals surface area contributed by atoms with Crippen molar-refractivity contribution in [3.63, 3.8) is 0 Å². The summed E-state index contributed by atoms with van der Waals surface area (Å²) >= 11 is 0. The zero-order valence-corrected chi connectivity index (χ0v) is 14.0. The second-order valence-corrected chi connectivity index (χ2v) is 6.32. The Labute approximate surface area is 122 Å². The van der Waals surface area contributed by atoms with Crippen LogP contribution in [0.1, 0.15) is 97.3 Å². The number of rotatable bonds is 15. The van der Waals surface area contributed by atoms with E-state index in [1.165, 1.54) is 90.0 Å². The van der Waals surface area contributed by atoms with E-state index in [1.807, 2.05) is 0 Å². The van der Waals surface area contributed by atoms with Gasteiger partial charge in [0, 0.05) is 0 Å². The van der Waals surface area contributed by atoms with Crippen LogP contribution in [0.2, 0.25) is 0 Å². The van der Waals surface area contributed by atoms with Crippen molar-refractivity contribution in [1.82, 2.24) is 5.32 Å². The molecule has 0 amide bonds. The van der Waals surface area contributed by atoms with Crippen LogP contribution >= 0.6 is 0 Å². The first-order chi connectivity index (χ1) is 9.31. The van der Waals surface area contributed by atoms with E-state index in [2.05, 4.69) is 26.2 Å². The highest BCUT2D eigenvalue weighted by molar-refractivity contribution is 4.55. The molecule has 0 aromatic carbocycles. The van der Waals surface area contributed by atoms with Gasteiger partial charge in [-0.2, -0.15) is 0 Å². The first-order valence-electron chi connectivity index (χ1n) is 8.95. The van der Waals surface area contributed by atoms with Crippen LogP contribution in [0.5, 0.6) is 0 Å². The summed E-state index contributed by atoms with van der Waals surface area (Å²) < 4.78 is 0. The highest BCUT2D eigenvalue weighted by atomic mass is 14.8. The lowest BCUT2D eigenvalue weighted by Crippen LogP contribution is -2.11. The van der Waals surface area contributed by atoms with E-state index in [9.17, 15) is 0 Å². The van der Waals surface area contributed by atoms with Gasteiger partial charge in [-0.3, -0.25) is 0 Å². The lowest BCUT2D eigenvalue weighted by atomic mass is 9.99. The zero-order chi connectivity index (χ0) is 14.2. The van der Waals surface area contributed by atoms with Gasteiger partial charge in [-0.1, -0.05) is 90.9 Å². The molecular formula is C18H39N. The van der Waals surface area contributed by atoms with Crippen molar-refractivity contribution >= 4 is 0 Å². The molecule has 1 heteroatoms. The Hall–Kier alpha value is -0.0400. The Morgan fingerprint density at radius 1 is 0.684 bits per heavy atom. The van der Waals surface area contributed by atoms with Crippen molar-refractivity contribution in [2.45, 2.75) is 97.3 Å². The topological polar surface area (TPSA) is 12.0 Å². The molecule has 0 saturated carbocycles. The third kappa shape index (κ3) is 15.9. The van der Waals surface area contributed by atoms with Crippen LogP contribution in [-0.4, -0.2) is 13.6 Å². The third-order valence-electron chi connectivity index (χ3n) is 4.19. The molecule has 0 aliphatic rings. The van der Waals surface area contributed by atoms with Gasteiger partial charge >= 0.3 is 0 Å². The predicted molar refractivity (Wildman–Crippen MR) is 88.8 cm³/mol. The molecule has 0 aromatic heterocycles. The van der Waals surface area contributed by atoms with Gasteiger partial charge in [-0.15, -0.1) is 0 Å². The summed E-state index contributed by atoms with van der Waals surface area (Å²) in [5.74, 6) is 0.908. The zero-order valence-electron chi connectivity index (χ0n) is 14.0. The molecule has 0 bridgehead atoms. The van der Waals surface area contributed by atoms with E-state index in [0.29, 0.717) is 0 Å². The highest BCUT2D eigenvalue weighted by Crippen LogP contribution is 2.15. The fourth-order valence-corrected chi connectivity index (χ4v) is 2.69. The Bertz CT molecular complexity index is 156. The van der Waals surface area contributed by atoms with Crippen molar-refractivity contribution in [3.8, 4) is 0 Å². The Kier molecular flexibility index (Phi) is 16.0. The van der Waals surface area contributed by atoms with Gasteiger partial charge in [0.1, 0.15) is 0 Å². The van der Waals surface area contributed by atoms with Crippen LogP contribution in [0.3, 0.4) is 0 Å². The van der Waals surface area contributed by atoms with E-state index in [4.69, 9.17) is 0 Å². The van der Waals surface area contributed by atoms with Gasteiger partial charge in [0.2, 0.25) is 0 Å². The molecule has 0 fully saturated rings. The molecule has 1 N–H and O–H groups in total. The van der Waals surface area contributed by atoms with Crippen LogP contribution in [0.4, 0.5) is 0 Å². The fraction of sp³-hybridized carbons (Fsp3) is 1.00. The quantitative estimate of drug-likeness (QED) is 0.363. The molecule has 0 aromatic rings.